The number of carbonyl (C=O) groups is 2. The van der Waals surface area contributed by atoms with Crippen LogP contribution in [-0.2, 0) is 14.6 Å². The van der Waals surface area contributed by atoms with Gasteiger partial charge in [-0.3, -0.25) is 14.5 Å². The van der Waals surface area contributed by atoms with Crippen LogP contribution in [0.4, 0.5) is 11.4 Å². The average Bonchev–Trinajstić information content (AvgIpc) is 3.54. The van der Waals surface area contributed by atoms with Crippen LogP contribution < -0.4 is 4.90 Å². The summed E-state index contributed by atoms with van der Waals surface area (Å²) >= 11 is 0. The summed E-state index contributed by atoms with van der Waals surface area (Å²) in [4.78, 5) is 30.0. The van der Waals surface area contributed by atoms with E-state index in [0.717, 1.165) is 38.5 Å². The van der Waals surface area contributed by atoms with Gasteiger partial charge in [-0.1, -0.05) is 6.07 Å². The first-order valence-electron chi connectivity index (χ1n) is 12.4. The number of sulfone groups is 1. The van der Waals surface area contributed by atoms with Crippen LogP contribution in [0.15, 0.2) is 53.4 Å². The number of anilines is 2. The van der Waals surface area contributed by atoms with E-state index >= 15 is 0 Å². The molecule has 0 aliphatic heterocycles. The molecule has 180 valence electrons. The molecule has 2 aromatic carbocycles. The molecule has 7 heteroatoms. The molecule has 0 N–H and O–H groups in total. The van der Waals surface area contributed by atoms with E-state index in [-0.39, 0.29) is 28.4 Å². The fourth-order valence-corrected chi connectivity index (χ4v) is 6.59. The Hall–Kier alpha value is -2.67. The summed E-state index contributed by atoms with van der Waals surface area (Å²) in [5, 5.41) is 0. The van der Waals surface area contributed by atoms with E-state index in [0.29, 0.717) is 29.0 Å². The first kappa shape index (κ1) is 23.1. The topological polar surface area (TPSA) is 74.8 Å². The van der Waals surface area contributed by atoms with Gasteiger partial charge in [-0.15, -0.1) is 0 Å². The Balaban J connectivity index is 1.40. The standard InChI is InChI=1S/C27H32N2O4S/c1-19(30)28(24-13-15-26(16-14-24)34(32,33)18-20-11-12-20)25-10-2-5-21(17-25)27(31)29(22-6-3-7-22)23-8-4-9-23/h2,5,10,13-17,20,22-23H,3-4,6-9,11-12,18H2,1H3. The summed E-state index contributed by atoms with van der Waals surface area (Å²) in [5.74, 6) is 0.304. The molecule has 0 heterocycles. The minimum Gasteiger partial charge on any atom is -0.333 e. The van der Waals surface area contributed by atoms with E-state index in [9.17, 15) is 18.0 Å². The third kappa shape index (κ3) is 4.63. The molecule has 34 heavy (non-hydrogen) atoms. The molecule has 0 radical (unpaired) electrons. The summed E-state index contributed by atoms with van der Waals surface area (Å²) in [6, 6.07) is 14.4. The molecule has 0 spiro atoms. The van der Waals surface area contributed by atoms with Gasteiger partial charge in [0.15, 0.2) is 9.84 Å². The van der Waals surface area contributed by atoms with Crippen molar-refractivity contribution in [2.75, 3.05) is 10.7 Å². The number of hydrogen-bond donors (Lipinski definition) is 0. The highest BCUT2D eigenvalue weighted by molar-refractivity contribution is 7.91. The van der Waals surface area contributed by atoms with Crippen LogP contribution >= 0.6 is 0 Å². The Bertz CT molecular complexity index is 1170. The maximum absolute atomic E-state index is 13.5. The minimum atomic E-state index is -3.32. The molecule has 5 rings (SSSR count). The van der Waals surface area contributed by atoms with E-state index in [2.05, 4.69) is 4.90 Å². The van der Waals surface area contributed by atoms with Crippen molar-refractivity contribution >= 4 is 33.0 Å². The lowest BCUT2D eigenvalue weighted by Gasteiger charge is -2.46. The number of nitrogens with zero attached hydrogens (tertiary/aromatic N) is 2. The van der Waals surface area contributed by atoms with Gasteiger partial charge >= 0.3 is 0 Å². The van der Waals surface area contributed by atoms with Gasteiger partial charge in [0.2, 0.25) is 5.91 Å². The van der Waals surface area contributed by atoms with E-state index in [4.69, 9.17) is 0 Å². The molecule has 2 aromatic rings. The Labute approximate surface area is 201 Å². The molecular formula is C27H32N2O4S. The van der Waals surface area contributed by atoms with Crippen LogP contribution in [0.3, 0.4) is 0 Å². The zero-order valence-electron chi connectivity index (χ0n) is 19.7. The monoisotopic (exact) mass is 480 g/mol. The molecule has 0 atom stereocenters. The van der Waals surface area contributed by atoms with E-state index in [1.54, 1.807) is 30.3 Å². The largest absolute Gasteiger partial charge is 0.333 e. The van der Waals surface area contributed by atoms with Crippen LogP contribution in [0.1, 0.15) is 68.6 Å². The third-order valence-corrected chi connectivity index (χ3v) is 9.34. The molecule has 2 amide bonds. The van der Waals surface area contributed by atoms with Gasteiger partial charge in [-0.25, -0.2) is 8.42 Å². The molecule has 0 bridgehead atoms. The fraction of sp³-hybridized carbons (Fsp3) is 0.481. The zero-order valence-corrected chi connectivity index (χ0v) is 20.5. The molecule has 3 aliphatic rings. The van der Waals surface area contributed by atoms with Crippen LogP contribution in [0, 0.1) is 5.92 Å². The van der Waals surface area contributed by atoms with E-state index in [1.807, 2.05) is 18.2 Å². The smallest absolute Gasteiger partial charge is 0.254 e. The lowest BCUT2D eigenvalue weighted by Crippen LogP contribution is -2.52. The Morgan fingerprint density at radius 2 is 1.47 bits per heavy atom. The van der Waals surface area contributed by atoms with Gasteiger partial charge in [0.1, 0.15) is 0 Å². The second-order valence-corrected chi connectivity index (χ2v) is 12.0. The predicted octanol–water partition coefficient (Wildman–Crippen LogP) is 5.10. The third-order valence-electron chi connectivity index (χ3n) is 7.44. The van der Waals surface area contributed by atoms with Crippen molar-refractivity contribution < 1.29 is 18.0 Å². The molecule has 0 aromatic heterocycles. The van der Waals surface area contributed by atoms with Gasteiger partial charge in [-0.2, -0.15) is 0 Å². The Morgan fingerprint density at radius 3 is 1.97 bits per heavy atom. The molecular weight excluding hydrogens is 448 g/mol. The number of amides is 2. The van der Waals surface area contributed by atoms with Gasteiger partial charge in [0.05, 0.1) is 10.6 Å². The summed E-state index contributed by atoms with van der Waals surface area (Å²) in [6.07, 6.45) is 8.56. The number of rotatable bonds is 8. The van der Waals surface area contributed by atoms with Crippen molar-refractivity contribution in [3.05, 3.63) is 54.1 Å². The summed E-state index contributed by atoms with van der Waals surface area (Å²) in [5.41, 5.74) is 1.78. The highest BCUT2D eigenvalue weighted by Crippen LogP contribution is 2.36. The molecule has 3 aliphatic carbocycles. The van der Waals surface area contributed by atoms with Gasteiger partial charge in [-0.05, 0) is 99.7 Å². The van der Waals surface area contributed by atoms with Crippen molar-refractivity contribution in [3.63, 3.8) is 0 Å². The number of hydrogen-bond acceptors (Lipinski definition) is 4. The fourth-order valence-electron chi connectivity index (χ4n) is 4.89. The van der Waals surface area contributed by atoms with Crippen LogP contribution in [0.25, 0.3) is 0 Å². The Morgan fingerprint density at radius 1 is 0.853 bits per heavy atom. The van der Waals surface area contributed by atoms with Crippen molar-refractivity contribution in [2.45, 2.75) is 75.3 Å². The predicted molar refractivity (Wildman–Crippen MR) is 132 cm³/mol. The normalized spacial score (nSPS) is 18.6. The van der Waals surface area contributed by atoms with Crippen LogP contribution in [-0.4, -0.2) is 43.0 Å². The lowest BCUT2D eigenvalue weighted by atomic mass is 9.84. The van der Waals surface area contributed by atoms with Crippen molar-refractivity contribution in [1.29, 1.82) is 0 Å². The van der Waals surface area contributed by atoms with Crippen molar-refractivity contribution in [2.24, 2.45) is 5.92 Å². The second kappa shape index (κ2) is 9.17. The van der Waals surface area contributed by atoms with E-state index < -0.39 is 9.84 Å². The number of benzene rings is 2. The summed E-state index contributed by atoms with van der Waals surface area (Å²) in [6.45, 7) is 1.47. The van der Waals surface area contributed by atoms with Crippen molar-refractivity contribution in [1.82, 2.24) is 4.90 Å². The second-order valence-electron chi connectivity index (χ2n) is 10.0. The van der Waals surface area contributed by atoms with E-state index in [1.165, 1.54) is 24.7 Å². The van der Waals surface area contributed by atoms with Crippen LogP contribution in [0.2, 0.25) is 0 Å². The highest BCUT2D eigenvalue weighted by atomic mass is 32.2. The summed E-state index contributed by atoms with van der Waals surface area (Å²) < 4.78 is 25.2. The summed E-state index contributed by atoms with van der Waals surface area (Å²) in [7, 11) is -3.32. The number of carbonyl (C=O) groups excluding carboxylic acids is 2. The highest BCUT2D eigenvalue weighted by Gasteiger charge is 2.37. The SMILES string of the molecule is CC(=O)N(c1ccc(S(=O)(=O)CC2CC2)cc1)c1cccc(C(=O)N(C2CCC2)C2CCC2)c1. The van der Waals surface area contributed by atoms with Gasteiger partial charge < -0.3 is 4.90 Å². The molecule has 0 saturated heterocycles. The maximum Gasteiger partial charge on any atom is 0.254 e. The molecule has 0 unspecified atom stereocenters. The molecule has 6 nitrogen and oxygen atoms in total. The molecule has 3 saturated carbocycles. The average molecular weight is 481 g/mol. The first-order chi connectivity index (χ1) is 16.3. The van der Waals surface area contributed by atoms with Gasteiger partial charge in [0.25, 0.3) is 5.91 Å². The minimum absolute atomic E-state index is 0.0428. The maximum atomic E-state index is 13.5. The quantitative estimate of drug-likeness (QED) is 0.527. The molecule has 3 fully saturated rings. The van der Waals surface area contributed by atoms with Crippen LogP contribution in [0.5, 0.6) is 0 Å². The van der Waals surface area contributed by atoms with Gasteiger partial charge in [0, 0.05) is 35.9 Å². The first-order valence-corrected chi connectivity index (χ1v) is 14.0. The van der Waals surface area contributed by atoms with Crippen molar-refractivity contribution in [3.8, 4) is 0 Å². The lowest BCUT2D eigenvalue weighted by molar-refractivity contribution is -0.115. The zero-order chi connectivity index (χ0) is 23.9. The Kier molecular flexibility index (Phi) is 6.23.